The third kappa shape index (κ3) is 4.45. The van der Waals surface area contributed by atoms with Gasteiger partial charge in [0.15, 0.2) is 5.65 Å². The van der Waals surface area contributed by atoms with Crippen molar-refractivity contribution in [2.24, 2.45) is 0 Å². The Kier molecular flexibility index (Phi) is 5.76. The third-order valence-electron chi connectivity index (χ3n) is 6.07. The second kappa shape index (κ2) is 8.35. The van der Waals surface area contributed by atoms with E-state index in [2.05, 4.69) is 15.2 Å². The zero-order valence-corrected chi connectivity index (χ0v) is 17.0. The van der Waals surface area contributed by atoms with Crippen LogP contribution in [0.1, 0.15) is 55.7 Å². The fourth-order valence-corrected chi connectivity index (χ4v) is 4.41. The summed E-state index contributed by atoms with van der Waals surface area (Å²) in [5, 5.41) is 5.94. The Morgan fingerprint density at radius 2 is 2.03 bits per heavy atom. The number of amides is 2. The van der Waals surface area contributed by atoms with Crippen LogP contribution in [0.3, 0.4) is 0 Å². The summed E-state index contributed by atoms with van der Waals surface area (Å²) in [5.41, 5.74) is 4.92. The van der Waals surface area contributed by atoms with Crippen molar-refractivity contribution in [2.75, 3.05) is 31.9 Å². The molecule has 31 heavy (non-hydrogen) atoms. The van der Waals surface area contributed by atoms with Gasteiger partial charge in [0.05, 0.1) is 17.5 Å². The van der Waals surface area contributed by atoms with Gasteiger partial charge in [-0.1, -0.05) is 6.42 Å². The topological polar surface area (TPSA) is 108 Å². The zero-order chi connectivity index (χ0) is 22.2. The number of pyridine rings is 1. The minimum Gasteiger partial charge on any atom is -0.383 e. The second-order valence-corrected chi connectivity index (χ2v) is 8.23. The summed E-state index contributed by atoms with van der Waals surface area (Å²) in [4.78, 5) is 32.6. The van der Waals surface area contributed by atoms with Gasteiger partial charge in [-0.05, 0) is 31.7 Å². The van der Waals surface area contributed by atoms with Crippen LogP contribution in [0, 0.1) is 0 Å². The SMILES string of the molecule is Nc1[nH]nc2nc([C@H]3CCCN(C(=O)CN4CCCCCC4=O)C3)cc(C(F)(F)F)c12. The lowest BCUT2D eigenvalue weighted by atomic mass is 9.92. The number of nitrogens with two attached hydrogens (primary N) is 1. The molecule has 0 aliphatic carbocycles. The lowest BCUT2D eigenvalue weighted by Gasteiger charge is -2.34. The van der Waals surface area contributed by atoms with Crippen LogP contribution in [0.4, 0.5) is 19.0 Å². The minimum absolute atomic E-state index is 0.0156. The maximum atomic E-state index is 13.6. The fourth-order valence-electron chi connectivity index (χ4n) is 4.41. The summed E-state index contributed by atoms with van der Waals surface area (Å²) >= 11 is 0. The lowest BCUT2D eigenvalue weighted by molar-refractivity contribution is -0.141. The van der Waals surface area contributed by atoms with Crippen LogP contribution in [0.5, 0.6) is 0 Å². The number of nitrogens with zero attached hydrogens (tertiary/aromatic N) is 4. The summed E-state index contributed by atoms with van der Waals surface area (Å²) in [5.74, 6) is -0.719. The number of aromatic amines is 1. The number of likely N-dealkylation sites (tertiary alicyclic amines) is 2. The molecule has 2 aliphatic rings. The van der Waals surface area contributed by atoms with E-state index in [1.807, 2.05) is 0 Å². The van der Waals surface area contributed by atoms with E-state index in [0.29, 0.717) is 32.4 Å². The molecule has 0 saturated carbocycles. The number of rotatable bonds is 3. The van der Waals surface area contributed by atoms with Gasteiger partial charge < -0.3 is 15.5 Å². The predicted octanol–water partition coefficient (Wildman–Crippen LogP) is 2.67. The summed E-state index contributed by atoms with van der Waals surface area (Å²) in [6.45, 7) is 1.36. The maximum absolute atomic E-state index is 13.6. The van der Waals surface area contributed by atoms with Crippen LogP contribution < -0.4 is 5.73 Å². The molecule has 0 bridgehead atoms. The Bertz CT molecular complexity index is 989. The Morgan fingerprint density at radius 3 is 2.81 bits per heavy atom. The molecule has 4 heterocycles. The van der Waals surface area contributed by atoms with Crippen molar-refractivity contribution in [2.45, 2.75) is 50.6 Å². The molecule has 0 spiro atoms. The van der Waals surface area contributed by atoms with Gasteiger partial charge in [-0.2, -0.15) is 18.3 Å². The first-order chi connectivity index (χ1) is 14.7. The van der Waals surface area contributed by atoms with E-state index in [1.165, 1.54) is 0 Å². The number of nitrogen functional groups attached to an aromatic ring is 1. The summed E-state index contributed by atoms with van der Waals surface area (Å²) in [6, 6.07) is 1.02. The Morgan fingerprint density at radius 1 is 1.23 bits per heavy atom. The van der Waals surface area contributed by atoms with Crippen molar-refractivity contribution >= 4 is 28.7 Å². The molecule has 11 heteroatoms. The number of H-pyrrole nitrogens is 1. The number of fused-ring (bicyclic) bond motifs is 1. The van der Waals surface area contributed by atoms with Crippen LogP contribution in [0.25, 0.3) is 11.0 Å². The number of nitrogens with one attached hydrogen (secondary N) is 1. The number of alkyl halides is 3. The van der Waals surface area contributed by atoms with E-state index in [-0.39, 0.29) is 53.4 Å². The van der Waals surface area contributed by atoms with Gasteiger partial charge >= 0.3 is 6.18 Å². The van der Waals surface area contributed by atoms with Crippen molar-refractivity contribution in [1.29, 1.82) is 0 Å². The monoisotopic (exact) mass is 438 g/mol. The molecule has 1 atom stereocenters. The number of carbonyl (C=O) groups excluding carboxylic acids is 2. The highest BCUT2D eigenvalue weighted by atomic mass is 19.4. The molecule has 2 aromatic rings. The molecular formula is C20H25F3N6O2. The van der Waals surface area contributed by atoms with Gasteiger partial charge in [0, 0.05) is 37.7 Å². The van der Waals surface area contributed by atoms with E-state index < -0.39 is 11.7 Å². The Hall–Kier alpha value is -2.85. The number of hydrogen-bond acceptors (Lipinski definition) is 5. The molecule has 2 aromatic heterocycles. The highest BCUT2D eigenvalue weighted by Crippen LogP contribution is 2.38. The van der Waals surface area contributed by atoms with E-state index in [1.54, 1.807) is 9.80 Å². The van der Waals surface area contributed by atoms with Crippen molar-refractivity contribution in [3.8, 4) is 0 Å². The minimum atomic E-state index is -4.61. The van der Waals surface area contributed by atoms with Crippen LogP contribution in [-0.2, 0) is 15.8 Å². The number of anilines is 1. The average Bonchev–Trinajstić information content (AvgIpc) is 2.99. The number of halogens is 3. The molecule has 2 aliphatic heterocycles. The molecule has 3 N–H and O–H groups in total. The normalized spacial score (nSPS) is 20.9. The number of carbonyl (C=O) groups is 2. The first-order valence-corrected chi connectivity index (χ1v) is 10.5. The molecule has 8 nitrogen and oxygen atoms in total. The van der Waals surface area contributed by atoms with Crippen molar-refractivity contribution in [3.63, 3.8) is 0 Å². The summed E-state index contributed by atoms with van der Waals surface area (Å²) in [7, 11) is 0. The number of aromatic nitrogens is 3. The van der Waals surface area contributed by atoms with Crippen LogP contribution in [-0.4, -0.2) is 63.0 Å². The van der Waals surface area contributed by atoms with Crippen molar-refractivity contribution < 1.29 is 22.8 Å². The molecular weight excluding hydrogens is 413 g/mol. The highest BCUT2D eigenvalue weighted by Gasteiger charge is 2.37. The van der Waals surface area contributed by atoms with Crippen LogP contribution >= 0.6 is 0 Å². The largest absolute Gasteiger partial charge is 0.417 e. The summed E-state index contributed by atoms with van der Waals surface area (Å²) < 4.78 is 40.9. The highest BCUT2D eigenvalue weighted by molar-refractivity contribution is 5.90. The second-order valence-electron chi connectivity index (χ2n) is 8.23. The molecule has 2 fully saturated rings. The molecule has 4 rings (SSSR count). The maximum Gasteiger partial charge on any atom is 0.417 e. The molecule has 0 unspecified atom stereocenters. The number of hydrogen-bond donors (Lipinski definition) is 2. The molecule has 0 radical (unpaired) electrons. The molecule has 168 valence electrons. The van der Waals surface area contributed by atoms with Gasteiger partial charge in [-0.3, -0.25) is 14.7 Å². The van der Waals surface area contributed by atoms with Gasteiger partial charge in [-0.25, -0.2) is 4.98 Å². The Balaban J connectivity index is 1.54. The van der Waals surface area contributed by atoms with Gasteiger partial charge in [-0.15, -0.1) is 0 Å². The van der Waals surface area contributed by atoms with E-state index in [4.69, 9.17) is 5.73 Å². The van der Waals surface area contributed by atoms with Crippen molar-refractivity contribution in [1.82, 2.24) is 25.0 Å². The Labute approximate surface area is 177 Å². The number of piperidine rings is 1. The van der Waals surface area contributed by atoms with Crippen LogP contribution in [0.15, 0.2) is 6.07 Å². The third-order valence-corrected chi connectivity index (χ3v) is 6.07. The molecule has 0 aromatic carbocycles. The standard InChI is InChI=1S/C20H25F3N6O2/c21-20(22,23)13-9-14(25-19-17(13)18(24)26-27-19)12-5-4-8-28(10-12)16(31)11-29-7-3-1-2-6-15(29)30/h9,12H,1-8,10-11H2,(H3,24,25,26,27)/t12-/m0/s1. The van der Waals surface area contributed by atoms with E-state index in [9.17, 15) is 22.8 Å². The fraction of sp³-hybridized carbons (Fsp3) is 0.600. The van der Waals surface area contributed by atoms with Gasteiger partial charge in [0.1, 0.15) is 5.82 Å². The van der Waals surface area contributed by atoms with E-state index >= 15 is 0 Å². The lowest BCUT2D eigenvalue weighted by Crippen LogP contribution is -2.46. The zero-order valence-electron chi connectivity index (χ0n) is 17.0. The first-order valence-electron chi connectivity index (χ1n) is 10.5. The molecule has 2 saturated heterocycles. The predicted molar refractivity (Wildman–Crippen MR) is 107 cm³/mol. The quantitative estimate of drug-likeness (QED) is 0.766. The van der Waals surface area contributed by atoms with Gasteiger partial charge in [0.2, 0.25) is 11.8 Å². The smallest absolute Gasteiger partial charge is 0.383 e. The average molecular weight is 438 g/mol. The first kappa shape index (κ1) is 21.4. The summed E-state index contributed by atoms with van der Waals surface area (Å²) in [6.07, 6.45) is -0.217. The van der Waals surface area contributed by atoms with Crippen LogP contribution in [0.2, 0.25) is 0 Å². The van der Waals surface area contributed by atoms with Gasteiger partial charge in [0.25, 0.3) is 0 Å². The van der Waals surface area contributed by atoms with E-state index in [0.717, 1.165) is 25.3 Å². The van der Waals surface area contributed by atoms with Crippen molar-refractivity contribution in [3.05, 3.63) is 17.3 Å². The molecule has 2 amide bonds.